The van der Waals surface area contributed by atoms with Crippen LogP contribution in [0, 0.1) is 5.92 Å². The number of H-pyrrole nitrogens is 1. The molecule has 3 aromatic heterocycles. The molecule has 0 aliphatic carbocycles. The van der Waals surface area contributed by atoms with Gasteiger partial charge in [0.1, 0.15) is 17.5 Å². The number of fused-ring (bicyclic) bond motifs is 3. The molecule has 1 aliphatic rings. The number of aromatic nitrogens is 5. The van der Waals surface area contributed by atoms with Gasteiger partial charge in [0.15, 0.2) is 0 Å². The number of aromatic amines is 1. The fraction of sp³-hybridized carbons (Fsp3) is 0.429. The second-order valence-corrected chi connectivity index (χ2v) is 5.85. The molecule has 22 heavy (non-hydrogen) atoms. The van der Waals surface area contributed by atoms with Gasteiger partial charge in [-0.1, -0.05) is 12.1 Å². The lowest BCUT2D eigenvalue weighted by molar-refractivity contribution is 0.118. The summed E-state index contributed by atoms with van der Waals surface area (Å²) in [5.41, 5.74) is 2.55. The minimum absolute atomic E-state index is 0.0443. The fourth-order valence-electron chi connectivity index (χ4n) is 3.27. The first-order valence-corrected chi connectivity index (χ1v) is 7.30. The minimum Gasteiger partial charge on any atom is -0.465 e. The van der Waals surface area contributed by atoms with Gasteiger partial charge in [0.2, 0.25) is 0 Å². The van der Waals surface area contributed by atoms with Crippen LogP contribution in [0.1, 0.15) is 25.0 Å². The molecule has 4 heterocycles. The summed E-state index contributed by atoms with van der Waals surface area (Å²) in [5, 5.41) is 18.7. The van der Waals surface area contributed by atoms with Crippen molar-refractivity contribution in [3.8, 4) is 0 Å². The average Bonchev–Trinajstić information content (AvgIpc) is 3.13. The molecule has 1 aliphatic heterocycles. The van der Waals surface area contributed by atoms with E-state index in [1.807, 2.05) is 12.3 Å². The van der Waals surface area contributed by atoms with E-state index in [2.05, 4.69) is 27.2 Å². The van der Waals surface area contributed by atoms with Gasteiger partial charge < -0.3 is 15.0 Å². The van der Waals surface area contributed by atoms with Crippen molar-refractivity contribution in [3.63, 3.8) is 0 Å². The van der Waals surface area contributed by atoms with Crippen molar-refractivity contribution in [1.82, 2.24) is 29.7 Å². The van der Waals surface area contributed by atoms with Gasteiger partial charge in [-0.25, -0.2) is 14.3 Å². The van der Waals surface area contributed by atoms with Crippen molar-refractivity contribution >= 4 is 22.6 Å². The Labute approximate surface area is 125 Å². The van der Waals surface area contributed by atoms with Gasteiger partial charge in [-0.3, -0.25) is 0 Å². The van der Waals surface area contributed by atoms with Crippen LogP contribution in [0.5, 0.6) is 0 Å². The Bertz CT molecular complexity index is 853. The predicted molar refractivity (Wildman–Crippen MR) is 78.8 cm³/mol. The lowest BCUT2D eigenvalue weighted by Gasteiger charge is -2.34. The molecule has 0 radical (unpaired) electrons. The molecule has 3 aromatic rings. The number of likely N-dealkylation sites (tertiary alicyclic amines) is 1. The van der Waals surface area contributed by atoms with E-state index in [-0.39, 0.29) is 5.92 Å². The van der Waals surface area contributed by atoms with Crippen LogP contribution in [-0.4, -0.2) is 54.0 Å². The number of piperidine rings is 1. The molecule has 0 spiro atoms. The highest BCUT2D eigenvalue weighted by molar-refractivity contribution is 5.92. The Kier molecular flexibility index (Phi) is 2.78. The van der Waals surface area contributed by atoms with Gasteiger partial charge >= 0.3 is 6.09 Å². The molecule has 0 aromatic carbocycles. The molecule has 0 saturated carbocycles. The van der Waals surface area contributed by atoms with Gasteiger partial charge in [-0.2, -0.15) is 0 Å². The van der Waals surface area contributed by atoms with Crippen LogP contribution >= 0.6 is 0 Å². The SMILES string of the molecule is CC1CCN(C(=O)O)CC1c1nnn2cnc3[nH]ccc3c12. The summed E-state index contributed by atoms with van der Waals surface area (Å²) < 4.78 is 1.66. The van der Waals surface area contributed by atoms with Crippen molar-refractivity contribution in [3.05, 3.63) is 24.3 Å². The summed E-state index contributed by atoms with van der Waals surface area (Å²) in [6.07, 6.45) is 3.43. The second-order valence-electron chi connectivity index (χ2n) is 5.85. The van der Waals surface area contributed by atoms with E-state index in [4.69, 9.17) is 0 Å². The Balaban J connectivity index is 1.85. The molecular weight excluding hydrogens is 284 g/mol. The van der Waals surface area contributed by atoms with E-state index in [1.54, 1.807) is 10.8 Å². The third-order valence-corrected chi connectivity index (χ3v) is 4.58. The van der Waals surface area contributed by atoms with Gasteiger partial charge in [0, 0.05) is 30.6 Å². The number of nitrogens with zero attached hydrogens (tertiary/aromatic N) is 5. The number of carboxylic acid groups (broad SMARTS) is 1. The molecule has 1 saturated heterocycles. The standard InChI is InChI=1S/C14H16N6O2/c1-8-3-5-19(14(21)22)6-10(8)11-12-9-2-4-15-13(9)16-7-20(12)18-17-11/h2,4,7-8,10,15H,3,5-6H2,1H3,(H,21,22). The number of nitrogens with one attached hydrogen (secondary N) is 1. The van der Waals surface area contributed by atoms with Crippen LogP contribution < -0.4 is 0 Å². The molecule has 0 bridgehead atoms. The third-order valence-electron chi connectivity index (χ3n) is 4.58. The molecule has 4 rings (SSSR count). The van der Waals surface area contributed by atoms with E-state index < -0.39 is 6.09 Å². The van der Waals surface area contributed by atoms with Crippen molar-refractivity contribution < 1.29 is 9.90 Å². The van der Waals surface area contributed by atoms with Crippen LogP contribution in [0.3, 0.4) is 0 Å². The summed E-state index contributed by atoms with van der Waals surface area (Å²) >= 11 is 0. The number of hydrogen-bond acceptors (Lipinski definition) is 4. The Morgan fingerprint density at radius 2 is 2.36 bits per heavy atom. The fourth-order valence-corrected chi connectivity index (χ4v) is 3.27. The van der Waals surface area contributed by atoms with E-state index in [1.165, 1.54) is 4.90 Å². The monoisotopic (exact) mass is 300 g/mol. The first-order chi connectivity index (χ1) is 10.6. The van der Waals surface area contributed by atoms with Gasteiger partial charge in [0.05, 0.1) is 5.69 Å². The lowest BCUT2D eigenvalue weighted by atomic mass is 9.84. The molecule has 8 heteroatoms. The maximum Gasteiger partial charge on any atom is 0.407 e. The topological polar surface area (TPSA) is 99.4 Å². The lowest BCUT2D eigenvalue weighted by Crippen LogP contribution is -2.41. The molecule has 2 atom stereocenters. The van der Waals surface area contributed by atoms with E-state index in [0.29, 0.717) is 19.0 Å². The molecule has 1 amide bonds. The smallest absolute Gasteiger partial charge is 0.407 e. The first kappa shape index (κ1) is 13.1. The number of carbonyl (C=O) groups is 1. The van der Waals surface area contributed by atoms with Crippen LogP contribution in [0.25, 0.3) is 16.6 Å². The first-order valence-electron chi connectivity index (χ1n) is 7.30. The van der Waals surface area contributed by atoms with Gasteiger partial charge in [-0.05, 0) is 18.4 Å². The highest BCUT2D eigenvalue weighted by atomic mass is 16.4. The zero-order chi connectivity index (χ0) is 15.3. The molecule has 2 N–H and O–H groups in total. The summed E-state index contributed by atoms with van der Waals surface area (Å²) in [4.78, 5) is 20.1. The van der Waals surface area contributed by atoms with Gasteiger partial charge in [-0.15, -0.1) is 5.10 Å². The van der Waals surface area contributed by atoms with Crippen LogP contribution in [0.15, 0.2) is 18.6 Å². The van der Waals surface area contributed by atoms with Crippen LogP contribution in [0.2, 0.25) is 0 Å². The molecule has 1 fully saturated rings. The van der Waals surface area contributed by atoms with Crippen molar-refractivity contribution in [2.24, 2.45) is 5.92 Å². The highest BCUT2D eigenvalue weighted by Crippen LogP contribution is 2.34. The molecule has 8 nitrogen and oxygen atoms in total. The maximum atomic E-state index is 11.3. The van der Waals surface area contributed by atoms with Gasteiger partial charge in [0.25, 0.3) is 0 Å². The maximum absolute atomic E-state index is 11.3. The quantitative estimate of drug-likeness (QED) is 0.712. The van der Waals surface area contributed by atoms with E-state index in [0.717, 1.165) is 28.7 Å². The molecular formula is C14H16N6O2. The predicted octanol–water partition coefficient (Wildman–Crippen LogP) is 1.71. The Morgan fingerprint density at radius 1 is 1.50 bits per heavy atom. The third kappa shape index (κ3) is 1.83. The number of rotatable bonds is 1. The Hall–Kier alpha value is -2.64. The average molecular weight is 300 g/mol. The van der Waals surface area contributed by atoms with Crippen molar-refractivity contribution in [1.29, 1.82) is 0 Å². The van der Waals surface area contributed by atoms with Crippen molar-refractivity contribution in [2.75, 3.05) is 13.1 Å². The number of hydrogen-bond donors (Lipinski definition) is 2. The molecule has 114 valence electrons. The molecule has 2 unspecified atom stereocenters. The zero-order valence-electron chi connectivity index (χ0n) is 12.1. The largest absolute Gasteiger partial charge is 0.465 e. The minimum atomic E-state index is -0.873. The second kappa shape index (κ2) is 4.69. The normalized spacial score (nSPS) is 22.5. The zero-order valence-corrected chi connectivity index (χ0v) is 12.1. The van der Waals surface area contributed by atoms with Crippen molar-refractivity contribution in [2.45, 2.75) is 19.3 Å². The summed E-state index contributed by atoms with van der Waals surface area (Å²) in [7, 11) is 0. The van der Waals surface area contributed by atoms with E-state index >= 15 is 0 Å². The van der Waals surface area contributed by atoms with Crippen LogP contribution in [-0.2, 0) is 0 Å². The Morgan fingerprint density at radius 3 is 3.18 bits per heavy atom. The van der Waals surface area contributed by atoms with E-state index in [9.17, 15) is 9.90 Å². The summed E-state index contributed by atoms with van der Waals surface area (Å²) in [6, 6.07) is 1.95. The number of amides is 1. The summed E-state index contributed by atoms with van der Waals surface area (Å²) in [5.74, 6) is 0.404. The summed E-state index contributed by atoms with van der Waals surface area (Å²) in [6.45, 7) is 3.18. The highest BCUT2D eigenvalue weighted by Gasteiger charge is 2.33. The van der Waals surface area contributed by atoms with Crippen LogP contribution in [0.4, 0.5) is 4.79 Å².